The quantitative estimate of drug-likeness (QED) is 0.874. The monoisotopic (exact) mass is 283 g/mol. The van der Waals surface area contributed by atoms with Crippen LogP contribution in [0, 0.1) is 0 Å². The van der Waals surface area contributed by atoms with Crippen LogP contribution in [-0.2, 0) is 12.7 Å². The van der Waals surface area contributed by atoms with Crippen LogP contribution in [0.2, 0.25) is 0 Å². The lowest BCUT2D eigenvalue weighted by Crippen LogP contribution is -2.13. The molecule has 0 unspecified atom stereocenters. The Labute approximate surface area is 115 Å². The zero-order valence-electron chi connectivity index (χ0n) is 11.3. The number of benzene rings is 1. The minimum atomic E-state index is -4.41. The summed E-state index contributed by atoms with van der Waals surface area (Å²) >= 11 is 0. The average Bonchev–Trinajstić information content (AvgIpc) is 2.78. The molecule has 0 atom stereocenters. The van der Waals surface area contributed by atoms with Gasteiger partial charge in [-0.3, -0.25) is 0 Å². The Hall–Kier alpha value is -1.98. The highest BCUT2D eigenvalue weighted by molar-refractivity contribution is 5.46. The van der Waals surface area contributed by atoms with E-state index in [0.717, 1.165) is 11.9 Å². The van der Waals surface area contributed by atoms with Gasteiger partial charge >= 0.3 is 6.18 Å². The van der Waals surface area contributed by atoms with E-state index in [9.17, 15) is 13.2 Å². The molecule has 2 N–H and O–H groups in total. The third-order valence-electron chi connectivity index (χ3n) is 3.04. The second-order valence-electron chi connectivity index (χ2n) is 4.98. The molecule has 2 aromatic rings. The van der Waals surface area contributed by atoms with Crippen molar-refractivity contribution < 1.29 is 13.2 Å². The third kappa shape index (κ3) is 2.95. The van der Waals surface area contributed by atoms with Gasteiger partial charge in [-0.2, -0.15) is 13.2 Å². The topological polar surface area (TPSA) is 43.8 Å². The minimum Gasteiger partial charge on any atom is -0.399 e. The van der Waals surface area contributed by atoms with Crippen LogP contribution < -0.4 is 5.73 Å². The van der Waals surface area contributed by atoms with Crippen LogP contribution >= 0.6 is 0 Å². The first-order chi connectivity index (χ1) is 9.29. The van der Waals surface area contributed by atoms with Crippen molar-refractivity contribution in [1.82, 2.24) is 9.55 Å². The normalized spacial score (nSPS) is 12.1. The lowest BCUT2D eigenvalue weighted by atomic mass is 10.1. The molecule has 0 saturated heterocycles. The molecule has 0 aliphatic carbocycles. The Kier molecular flexibility index (Phi) is 3.74. The Morgan fingerprint density at radius 2 is 2.00 bits per heavy atom. The van der Waals surface area contributed by atoms with Crippen LogP contribution in [0.15, 0.2) is 30.6 Å². The lowest BCUT2D eigenvalue weighted by Gasteiger charge is -2.16. The molecule has 6 heteroatoms. The highest BCUT2D eigenvalue weighted by atomic mass is 19.4. The van der Waals surface area contributed by atoms with E-state index in [4.69, 9.17) is 5.73 Å². The maximum absolute atomic E-state index is 13.0. The second-order valence-corrected chi connectivity index (χ2v) is 4.98. The number of nitrogen functional groups attached to an aromatic ring is 1. The summed E-state index contributed by atoms with van der Waals surface area (Å²) in [6.07, 6.45) is -1.13. The molecule has 1 aromatic carbocycles. The first-order valence-corrected chi connectivity index (χ1v) is 6.25. The van der Waals surface area contributed by atoms with Gasteiger partial charge < -0.3 is 10.3 Å². The Morgan fingerprint density at radius 3 is 2.60 bits per heavy atom. The summed E-state index contributed by atoms with van der Waals surface area (Å²) in [5.74, 6) is 0.906. The molecule has 20 heavy (non-hydrogen) atoms. The fourth-order valence-electron chi connectivity index (χ4n) is 2.13. The molecule has 1 heterocycles. The molecular weight excluding hydrogens is 267 g/mol. The van der Waals surface area contributed by atoms with Gasteiger partial charge in [-0.15, -0.1) is 0 Å². The van der Waals surface area contributed by atoms with Gasteiger partial charge in [0.25, 0.3) is 0 Å². The molecule has 108 valence electrons. The second kappa shape index (κ2) is 5.19. The molecule has 0 bridgehead atoms. The van der Waals surface area contributed by atoms with E-state index < -0.39 is 11.7 Å². The van der Waals surface area contributed by atoms with Crippen molar-refractivity contribution in [3.05, 3.63) is 47.5 Å². The van der Waals surface area contributed by atoms with Crippen molar-refractivity contribution in [3.8, 4) is 0 Å². The van der Waals surface area contributed by atoms with Crippen LogP contribution in [0.4, 0.5) is 18.9 Å². The van der Waals surface area contributed by atoms with Crippen molar-refractivity contribution >= 4 is 5.69 Å². The number of alkyl halides is 3. The molecule has 0 aliphatic rings. The first-order valence-electron chi connectivity index (χ1n) is 6.25. The largest absolute Gasteiger partial charge is 0.416 e. The zero-order chi connectivity index (χ0) is 14.9. The summed E-state index contributed by atoms with van der Waals surface area (Å²) < 4.78 is 40.8. The predicted molar refractivity (Wildman–Crippen MR) is 71.3 cm³/mol. The smallest absolute Gasteiger partial charge is 0.399 e. The highest BCUT2D eigenvalue weighted by Gasteiger charge is 2.33. The molecule has 0 amide bonds. The van der Waals surface area contributed by atoms with Crippen LogP contribution in [0.25, 0.3) is 0 Å². The van der Waals surface area contributed by atoms with Crippen LogP contribution in [0.5, 0.6) is 0 Å². The van der Waals surface area contributed by atoms with E-state index in [1.807, 2.05) is 13.8 Å². The molecule has 0 aliphatic heterocycles. The number of halogens is 3. The molecule has 2 rings (SSSR count). The molecule has 0 saturated carbocycles. The Morgan fingerprint density at radius 1 is 1.30 bits per heavy atom. The van der Waals surface area contributed by atoms with Gasteiger partial charge in [0.1, 0.15) is 5.82 Å². The SMILES string of the molecule is CC(C)c1nccn1Cc1ccc(N)cc1C(F)(F)F. The van der Waals surface area contributed by atoms with E-state index in [1.165, 1.54) is 12.1 Å². The number of hydrogen-bond donors (Lipinski definition) is 1. The van der Waals surface area contributed by atoms with Crippen LogP contribution in [0.1, 0.15) is 36.7 Å². The summed E-state index contributed by atoms with van der Waals surface area (Å²) in [6, 6.07) is 3.88. The Balaban J connectivity index is 2.41. The van der Waals surface area contributed by atoms with Crippen LogP contribution in [0.3, 0.4) is 0 Å². The molecule has 1 aromatic heterocycles. The summed E-state index contributed by atoms with van der Waals surface area (Å²) in [5, 5.41) is 0. The number of anilines is 1. The van der Waals surface area contributed by atoms with E-state index in [0.29, 0.717) is 0 Å². The average molecular weight is 283 g/mol. The van der Waals surface area contributed by atoms with Gasteiger partial charge in [0, 0.05) is 30.5 Å². The van der Waals surface area contributed by atoms with E-state index in [-0.39, 0.29) is 23.7 Å². The van der Waals surface area contributed by atoms with Gasteiger partial charge in [0.05, 0.1) is 5.56 Å². The molecular formula is C14H16F3N3. The summed E-state index contributed by atoms with van der Waals surface area (Å²) in [7, 11) is 0. The molecule has 0 fully saturated rings. The van der Waals surface area contributed by atoms with Crippen molar-refractivity contribution in [2.45, 2.75) is 32.5 Å². The van der Waals surface area contributed by atoms with Gasteiger partial charge in [-0.05, 0) is 17.7 Å². The maximum atomic E-state index is 13.0. The lowest BCUT2D eigenvalue weighted by molar-refractivity contribution is -0.138. The molecule has 0 spiro atoms. The van der Waals surface area contributed by atoms with Crippen molar-refractivity contribution in [2.75, 3.05) is 5.73 Å². The van der Waals surface area contributed by atoms with Gasteiger partial charge in [0.2, 0.25) is 0 Å². The van der Waals surface area contributed by atoms with Gasteiger partial charge in [-0.1, -0.05) is 19.9 Å². The number of nitrogens with two attached hydrogens (primary N) is 1. The highest BCUT2D eigenvalue weighted by Crippen LogP contribution is 2.34. The van der Waals surface area contributed by atoms with Crippen molar-refractivity contribution in [2.24, 2.45) is 0 Å². The van der Waals surface area contributed by atoms with Crippen molar-refractivity contribution in [1.29, 1.82) is 0 Å². The number of aromatic nitrogens is 2. The number of hydrogen-bond acceptors (Lipinski definition) is 2. The number of nitrogens with zero attached hydrogens (tertiary/aromatic N) is 2. The zero-order valence-corrected chi connectivity index (χ0v) is 11.3. The number of rotatable bonds is 3. The van der Waals surface area contributed by atoms with E-state index in [1.54, 1.807) is 17.0 Å². The molecule has 0 radical (unpaired) electrons. The fraction of sp³-hybridized carbons (Fsp3) is 0.357. The maximum Gasteiger partial charge on any atom is 0.416 e. The van der Waals surface area contributed by atoms with Gasteiger partial charge in [0.15, 0.2) is 0 Å². The Bertz CT molecular complexity index is 600. The van der Waals surface area contributed by atoms with Gasteiger partial charge in [-0.25, -0.2) is 4.98 Å². The minimum absolute atomic E-state index is 0.107. The fourth-order valence-corrected chi connectivity index (χ4v) is 2.13. The summed E-state index contributed by atoms with van der Waals surface area (Å²) in [4.78, 5) is 4.18. The first kappa shape index (κ1) is 14.4. The van der Waals surface area contributed by atoms with Crippen molar-refractivity contribution in [3.63, 3.8) is 0 Å². The third-order valence-corrected chi connectivity index (χ3v) is 3.04. The standard InChI is InChI=1S/C14H16F3N3/c1-9(2)13-19-5-6-20(13)8-10-3-4-11(18)7-12(10)14(15,16)17/h3-7,9H,8,18H2,1-2H3. The molecule has 3 nitrogen and oxygen atoms in total. The van der Waals surface area contributed by atoms with E-state index in [2.05, 4.69) is 4.98 Å². The summed E-state index contributed by atoms with van der Waals surface area (Å²) in [6.45, 7) is 4.03. The predicted octanol–water partition coefficient (Wildman–Crippen LogP) is 3.66. The summed E-state index contributed by atoms with van der Waals surface area (Å²) in [5.41, 5.74) is 5.06. The van der Waals surface area contributed by atoms with Crippen LogP contribution in [-0.4, -0.2) is 9.55 Å². The van der Waals surface area contributed by atoms with E-state index >= 15 is 0 Å². The number of imidazole rings is 1.